The van der Waals surface area contributed by atoms with E-state index < -0.39 is 0 Å². The zero-order valence-electron chi connectivity index (χ0n) is 14.6. The minimum atomic E-state index is 0.357. The van der Waals surface area contributed by atoms with Crippen LogP contribution in [0, 0.1) is 18.3 Å². The monoisotopic (exact) mass is 383 g/mol. The molecule has 124 valence electrons. The Hall–Kier alpha value is -2.05. The molecule has 0 bridgehead atoms. The highest BCUT2D eigenvalue weighted by Gasteiger charge is 2.12. The van der Waals surface area contributed by atoms with Gasteiger partial charge >= 0.3 is 0 Å². The molecule has 24 heavy (non-hydrogen) atoms. The van der Waals surface area contributed by atoms with Crippen LogP contribution in [-0.4, -0.2) is 6.61 Å². The van der Waals surface area contributed by atoms with E-state index in [9.17, 15) is 5.26 Å². The van der Waals surface area contributed by atoms with E-state index in [0.29, 0.717) is 18.1 Å². The second-order valence-corrected chi connectivity index (χ2v) is 6.93. The minimum Gasteiger partial charge on any atom is -0.494 e. The summed E-state index contributed by atoms with van der Waals surface area (Å²) in [7, 11) is 0. The summed E-state index contributed by atoms with van der Waals surface area (Å²) in [6, 6.07) is 14.3. The molecule has 2 rings (SSSR count). The van der Waals surface area contributed by atoms with E-state index in [4.69, 9.17) is 4.74 Å². The third-order valence-electron chi connectivity index (χ3n) is 3.88. The Morgan fingerprint density at radius 3 is 2.62 bits per heavy atom. The summed E-state index contributed by atoms with van der Waals surface area (Å²) in [4.78, 5) is 0. The van der Waals surface area contributed by atoms with E-state index >= 15 is 0 Å². The van der Waals surface area contributed by atoms with Crippen LogP contribution in [0.3, 0.4) is 0 Å². The number of halogens is 1. The molecule has 0 fully saturated rings. The van der Waals surface area contributed by atoms with Gasteiger partial charge in [-0.2, -0.15) is 5.26 Å². The molecule has 0 N–H and O–H groups in total. The van der Waals surface area contributed by atoms with Crippen molar-refractivity contribution in [2.45, 2.75) is 33.6 Å². The molecule has 0 aliphatic carbocycles. The van der Waals surface area contributed by atoms with Crippen molar-refractivity contribution in [1.29, 1.82) is 5.26 Å². The Morgan fingerprint density at radius 2 is 2.04 bits per heavy atom. The van der Waals surface area contributed by atoms with Gasteiger partial charge in [0.15, 0.2) is 0 Å². The Labute approximate surface area is 152 Å². The maximum Gasteiger partial charge on any atom is 0.123 e. The average molecular weight is 384 g/mol. The summed E-state index contributed by atoms with van der Waals surface area (Å²) in [6.45, 7) is 9.00. The molecule has 0 aliphatic heterocycles. The van der Waals surface area contributed by atoms with Crippen LogP contribution in [0.5, 0.6) is 5.75 Å². The van der Waals surface area contributed by atoms with E-state index in [0.717, 1.165) is 26.9 Å². The van der Waals surface area contributed by atoms with E-state index in [1.165, 1.54) is 5.56 Å². The molecule has 0 spiro atoms. The van der Waals surface area contributed by atoms with Crippen LogP contribution < -0.4 is 4.74 Å². The van der Waals surface area contributed by atoms with E-state index in [2.05, 4.69) is 48.0 Å². The van der Waals surface area contributed by atoms with Crippen molar-refractivity contribution in [3.05, 3.63) is 63.1 Å². The molecule has 0 aromatic heterocycles. The number of aryl methyl sites for hydroxylation is 1. The van der Waals surface area contributed by atoms with Crippen LogP contribution in [0.2, 0.25) is 0 Å². The fourth-order valence-electron chi connectivity index (χ4n) is 2.59. The number of ether oxygens (including phenoxy) is 1. The summed E-state index contributed by atoms with van der Waals surface area (Å²) < 4.78 is 6.74. The van der Waals surface area contributed by atoms with E-state index in [-0.39, 0.29) is 0 Å². The van der Waals surface area contributed by atoms with Crippen LogP contribution in [-0.2, 0) is 0 Å². The minimum absolute atomic E-state index is 0.357. The van der Waals surface area contributed by atoms with Crippen molar-refractivity contribution >= 4 is 27.6 Å². The highest BCUT2D eigenvalue weighted by atomic mass is 79.9. The van der Waals surface area contributed by atoms with Crippen LogP contribution in [0.1, 0.15) is 48.9 Å². The standard InChI is InChI=1S/C21H22BrNO/c1-5-24-21-9-15(4)17(12-20(21)14(2)3)10-18(13-23)16-7-6-8-19(22)11-16/h6-12,14H,5H2,1-4H3/b18-10+. The van der Waals surface area contributed by atoms with Crippen molar-refractivity contribution in [2.75, 3.05) is 6.61 Å². The quantitative estimate of drug-likeness (QED) is 0.445. The molecule has 0 aliphatic rings. The lowest BCUT2D eigenvalue weighted by Gasteiger charge is -2.16. The Bertz CT molecular complexity index is 800. The first-order valence-electron chi connectivity index (χ1n) is 8.11. The topological polar surface area (TPSA) is 33.0 Å². The van der Waals surface area contributed by atoms with Gasteiger partial charge in [0, 0.05) is 4.47 Å². The number of nitriles is 1. The molecule has 3 heteroatoms. The van der Waals surface area contributed by atoms with Crippen LogP contribution >= 0.6 is 15.9 Å². The second-order valence-electron chi connectivity index (χ2n) is 6.01. The van der Waals surface area contributed by atoms with E-state index in [1.807, 2.05) is 44.2 Å². The Kier molecular flexibility index (Phi) is 6.23. The fraction of sp³-hybridized carbons (Fsp3) is 0.286. The van der Waals surface area contributed by atoms with Crippen molar-refractivity contribution in [1.82, 2.24) is 0 Å². The van der Waals surface area contributed by atoms with Crippen molar-refractivity contribution in [3.8, 4) is 11.8 Å². The third kappa shape index (κ3) is 4.27. The van der Waals surface area contributed by atoms with Gasteiger partial charge in [0.2, 0.25) is 0 Å². The maximum absolute atomic E-state index is 9.58. The lowest BCUT2D eigenvalue weighted by molar-refractivity contribution is 0.335. The smallest absolute Gasteiger partial charge is 0.123 e. The normalized spacial score (nSPS) is 11.5. The van der Waals surface area contributed by atoms with Gasteiger partial charge < -0.3 is 4.74 Å². The molecule has 0 amide bonds. The summed E-state index contributed by atoms with van der Waals surface area (Å²) in [5.41, 5.74) is 4.88. The number of hydrogen-bond acceptors (Lipinski definition) is 2. The molecule has 0 unspecified atom stereocenters. The number of benzene rings is 2. The second kappa shape index (κ2) is 8.17. The maximum atomic E-state index is 9.58. The SMILES string of the molecule is CCOc1cc(C)c(/C=C(\C#N)c2cccc(Br)c2)cc1C(C)C. The van der Waals surface area contributed by atoms with Crippen LogP contribution in [0.25, 0.3) is 11.6 Å². The zero-order valence-corrected chi connectivity index (χ0v) is 16.1. The van der Waals surface area contributed by atoms with Crippen molar-refractivity contribution in [2.24, 2.45) is 0 Å². The molecule has 0 saturated carbocycles. The highest BCUT2D eigenvalue weighted by molar-refractivity contribution is 9.10. The molecule has 2 aromatic rings. The van der Waals surface area contributed by atoms with Gasteiger partial charge in [-0.1, -0.05) is 41.9 Å². The first-order chi connectivity index (χ1) is 11.5. The summed E-state index contributed by atoms with van der Waals surface area (Å²) in [5.74, 6) is 1.29. The Morgan fingerprint density at radius 1 is 1.29 bits per heavy atom. The molecule has 0 saturated heterocycles. The van der Waals surface area contributed by atoms with Gasteiger partial charge in [0.05, 0.1) is 18.2 Å². The molecule has 2 aromatic carbocycles. The lowest BCUT2D eigenvalue weighted by atomic mass is 9.94. The molecule has 2 nitrogen and oxygen atoms in total. The van der Waals surface area contributed by atoms with Gasteiger partial charge in [-0.05, 0) is 72.4 Å². The van der Waals surface area contributed by atoms with Gasteiger partial charge in [-0.25, -0.2) is 0 Å². The molecule has 0 radical (unpaired) electrons. The number of hydrogen-bond donors (Lipinski definition) is 0. The predicted molar refractivity (Wildman–Crippen MR) is 104 cm³/mol. The summed E-state index contributed by atoms with van der Waals surface area (Å²) >= 11 is 3.46. The third-order valence-corrected chi connectivity index (χ3v) is 4.37. The highest BCUT2D eigenvalue weighted by Crippen LogP contribution is 2.32. The van der Waals surface area contributed by atoms with Gasteiger partial charge in [-0.3, -0.25) is 0 Å². The predicted octanol–water partition coefficient (Wildman–Crippen LogP) is 6.34. The Balaban J connectivity index is 2.54. The fourth-order valence-corrected chi connectivity index (χ4v) is 2.99. The van der Waals surface area contributed by atoms with Gasteiger partial charge in [-0.15, -0.1) is 0 Å². The molecular formula is C21H22BrNO. The number of nitrogens with zero attached hydrogens (tertiary/aromatic N) is 1. The first-order valence-corrected chi connectivity index (χ1v) is 8.90. The van der Waals surface area contributed by atoms with E-state index in [1.54, 1.807) is 0 Å². The molecular weight excluding hydrogens is 362 g/mol. The summed E-state index contributed by atoms with van der Waals surface area (Å²) in [5, 5.41) is 9.58. The zero-order chi connectivity index (χ0) is 17.7. The van der Waals surface area contributed by atoms with Crippen LogP contribution in [0.4, 0.5) is 0 Å². The first kappa shape index (κ1) is 18.3. The lowest BCUT2D eigenvalue weighted by Crippen LogP contribution is -2.00. The van der Waals surface area contributed by atoms with Crippen LogP contribution in [0.15, 0.2) is 40.9 Å². The summed E-state index contributed by atoms with van der Waals surface area (Å²) in [6.07, 6.45) is 1.96. The average Bonchev–Trinajstić information content (AvgIpc) is 2.54. The molecule has 0 atom stereocenters. The largest absolute Gasteiger partial charge is 0.494 e. The van der Waals surface area contributed by atoms with Crippen molar-refractivity contribution in [3.63, 3.8) is 0 Å². The van der Waals surface area contributed by atoms with Crippen molar-refractivity contribution < 1.29 is 4.74 Å². The van der Waals surface area contributed by atoms with Gasteiger partial charge in [0.1, 0.15) is 5.75 Å². The number of rotatable bonds is 5. The molecule has 0 heterocycles. The van der Waals surface area contributed by atoms with Gasteiger partial charge in [0.25, 0.3) is 0 Å². The number of allylic oxidation sites excluding steroid dienone is 1.